The van der Waals surface area contributed by atoms with Crippen molar-refractivity contribution in [3.8, 4) is 6.07 Å². The molecule has 0 amide bonds. The molecule has 0 aromatic heterocycles. The van der Waals surface area contributed by atoms with Gasteiger partial charge in [0.1, 0.15) is 0 Å². The summed E-state index contributed by atoms with van der Waals surface area (Å²) in [5, 5.41) is 12.1. The molecule has 0 atom stereocenters. The maximum absolute atomic E-state index is 8.66. The van der Waals surface area contributed by atoms with Crippen molar-refractivity contribution < 1.29 is 0 Å². The Morgan fingerprint density at radius 2 is 1.85 bits per heavy atom. The zero-order chi connectivity index (χ0) is 14.8. The SMILES string of the molecule is CCCCCc1ccc(NCC(C)(C)CCC#N)cc1. The van der Waals surface area contributed by atoms with Crippen LogP contribution < -0.4 is 5.32 Å². The van der Waals surface area contributed by atoms with Gasteiger partial charge in [-0.15, -0.1) is 0 Å². The summed E-state index contributed by atoms with van der Waals surface area (Å²) < 4.78 is 0. The Kier molecular flexibility index (Phi) is 7.15. The van der Waals surface area contributed by atoms with Gasteiger partial charge in [-0.25, -0.2) is 0 Å². The number of anilines is 1. The van der Waals surface area contributed by atoms with Gasteiger partial charge in [0.15, 0.2) is 0 Å². The average Bonchev–Trinajstić information content (AvgIpc) is 2.45. The lowest BCUT2D eigenvalue weighted by molar-refractivity contribution is 0.364. The molecule has 1 aromatic carbocycles. The lowest BCUT2D eigenvalue weighted by Crippen LogP contribution is -2.22. The summed E-state index contributed by atoms with van der Waals surface area (Å²) in [4.78, 5) is 0. The van der Waals surface area contributed by atoms with E-state index in [9.17, 15) is 0 Å². The molecule has 20 heavy (non-hydrogen) atoms. The van der Waals surface area contributed by atoms with E-state index in [-0.39, 0.29) is 5.41 Å². The van der Waals surface area contributed by atoms with Crippen molar-refractivity contribution in [2.24, 2.45) is 5.41 Å². The first-order valence-corrected chi connectivity index (χ1v) is 7.77. The molecule has 0 saturated heterocycles. The minimum absolute atomic E-state index is 0.162. The second-order valence-corrected chi connectivity index (χ2v) is 6.33. The van der Waals surface area contributed by atoms with E-state index in [4.69, 9.17) is 5.26 Å². The summed E-state index contributed by atoms with van der Waals surface area (Å²) in [5.74, 6) is 0. The Labute approximate surface area is 124 Å². The van der Waals surface area contributed by atoms with Crippen LogP contribution >= 0.6 is 0 Å². The molecular weight excluding hydrogens is 244 g/mol. The Balaban J connectivity index is 2.39. The number of nitrogens with one attached hydrogen (secondary N) is 1. The summed E-state index contributed by atoms with van der Waals surface area (Å²) in [5.41, 5.74) is 2.76. The van der Waals surface area contributed by atoms with Gasteiger partial charge < -0.3 is 5.32 Å². The van der Waals surface area contributed by atoms with Gasteiger partial charge in [-0.3, -0.25) is 0 Å². The number of nitriles is 1. The molecule has 110 valence electrons. The Bertz CT molecular complexity index is 412. The van der Waals surface area contributed by atoms with Crippen molar-refractivity contribution in [1.82, 2.24) is 0 Å². The number of hydrogen-bond donors (Lipinski definition) is 1. The molecule has 0 unspecified atom stereocenters. The quantitative estimate of drug-likeness (QED) is 0.630. The highest BCUT2D eigenvalue weighted by molar-refractivity contribution is 5.44. The first kappa shape index (κ1) is 16.6. The minimum Gasteiger partial charge on any atom is -0.385 e. The van der Waals surface area contributed by atoms with E-state index >= 15 is 0 Å². The fourth-order valence-corrected chi connectivity index (χ4v) is 2.19. The fraction of sp³-hybridized carbons (Fsp3) is 0.611. The Hall–Kier alpha value is -1.49. The average molecular weight is 272 g/mol. The second-order valence-electron chi connectivity index (χ2n) is 6.33. The first-order chi connectivity index (χ1) is 9.57. The maximum atomic E-state index is 8.66. The van der Waals surface area contributed by atoms with Gasteiger partial charge in [-0.05, 0) is 42.4 Å². The van der Waals surface area contributed by atoms with Crippen LogP contribution in [0, 0.1) is 16.7 Å². The highest BCUT2D eigenvalue weighted by atomic mass is 14.9. The van der Waals surface area contributed by atoms with Crippen molar-refractivity contribution in [1.29, 1.82) is 5.26 Å². The molecule has 0 radical (unpaired) electrons. The molecule has 0 bridgehead atoms. The zero-order valence-corrected chi connectivity index (χ0v) is 13.2. The van der Waals surface area contributed by atoms with Crippen LogP contribution in [-0.2, 0) is 6.42 Å². The van der Waals surface area contributed by atoms with Crippen LogP contribution in [0.4, 0.5) is 5.69 Å². The summed E-state index contributed by atoms with van der Waals surface area (Å²) in [7, 11) is 0. The molecule has 0 saturated carbocycles. The second kappa shape index (κ2) is 8.64. The number of nitrogens with zero attached hydrogens (tertiary/aromatic N) is 1. The number of aryl methyl sites for hydroxylation is 1. The third-order valence-electron chi connectivity index (χ3n) is 3.71. The topological polar surface area (TPSA) is 35.8 Å². The third kappa shape index (κ3) is 6.61. The molecule has 0 heterocycles. The molecule has 1 rings (SSSR count). The van der Waals surface area contributed by atoms with Gasteiger partial charge >= 0.3 is 0 Å². The van der Waals surface area contributed by atoms with Crippen LogP contribution in [0.3, 0.4) is 0 Å². The molecule has 0 aliphatic heterocycles. The highest BCUT2D eigenvalue weighted by Gasteiger charge is 2.16. The maximum Gasteiger partial charge on any atom is 0.0621 e. The molecule has 0 spiro atoms. The van der Waals surface area contributed by atoms with Crippen molar-refractivity contribution in [3.05, 3.63) is 29.8 Å². The molecule has 1 aromatic rings. The number of unbranched alkanes of at least 4 members (excludes halogenated alkanes) is 2. The predicted molar refractivity (Wildman–Crippen MR) is 86.8 cm³/mol. The van der Waals surface area contributed by atoms with E-state index in [1.165, 1.54) is 36.9 Å². The first-order valence-electron chi connectivity index (χ1n) is 7.77. The molecule has 2 heteroatoms. The van der Waals surface area contributed by atoms with Gasteiger partial charge in [-0.2, -0.15) is 5.26 Å². The van der Waals surface area contributed by atoms with Gasteiger partial charge in [0.2, 0.25) is 0 Å². The number of benzene rings is 1. The van der Waals surface area contributed by atoms with E-state index < -0.39 is 0 Å². The largest absolute Gasteiger partial charge is 0.385 e. The molecule has 0 fully saturated rings. The van der Waals surface area contributed by atoms with E-state index in [0.717, 1.165) is 13.0 Å². The van der Waals surface area contributed by atoms with Crippen LogP contribution in [-0.4, -0.2) is 6.54 Å². The van der Waals surface area contributed by atoms with Crippen LogP contribution in [0.5, 0.6) is 0 Å². The molecule has 2 nitrogen and oxygen atoms in total. The van der Waals surface area contributed by atoms with Gasteiger partial charge in [0, 0.05) is 18.7 Å². The lowest BCUT2D eigenvalue weighted by Gasteiger charge is -2.24. The van der Waals surface area contributed by atoms with E-state index in [0.29, 0.717) is 6.42 Å². The van der Waals surface area contributed by atoms with E-state index in [1.54, 1.807) is 0 Å². The van der Waals surface area contributed by atoms with Crippen molar-refractivity contribution >= 4 is 5.69 Å². The Morgan fingerprint density at radius 1 is 1.15 bits per heavy atom. The van der Waals surface area contributed by atoms with Crippen LogP contribution in [0.1, 0.15) is 58.4 Å². The lowest BCUT2D eigenvalue weighted by atomic mass is 9.88. The van der Waals surface area contributed by atoms with Crippen LogP contribution in [0.2, 0.25) is 0 Å². The summed E-state index contributed by atoms with van der Waals surface area (Å²) in [6.07, 6.45) is 6.62. The highest BCUT2D eigenvalue weighted by Crippen LogP contribution is 2.23. The van der Waals surface area contributed by atoms with Crippen molar-refractivity contribution in [2.75, 3.05) is 11.9 Å². The monoisotopic (exact) mass is 272 g/mol. The minimum atomic E-state index is 0.162. The van der Waals surface area contributed by atoms with E-state index in [1.807, 2.05) is 0 Å². The van der Waals surface area contributed by atoms with Crippen LogP contribution in [0.15, 0.2) is 24.3 Å². The zero-order valence-electron chi connectivity index (χ0n) is 13.2. The number of rotatable bonds is 9. The van der Waals surface area contributed by atoms with Crippen molar-refractivity contribution in [2.45, 2.75) is 59.3 Å². The van der Waals surface area contributed by atoms with Gasteiger partial charge in [0.05, 0.1) is 6.07 Å². The fourth-order valence-electron chi connectivity index (χ4n) is 2.19. The smallest absolute Gasteiger partial charge is 0.0621 e. The van der Waals surface area contributed by atoms with Crippen molar-refractivity contribution in [3.63, 3.8) is 0 Å². The standard InChI is InChI=1S/C18H28N2/c1-4-5-6-8-16-9-11-17(12-10-16)20-15-18(2,3)13-7-14-19/h9-12,20H,4-8,13,15H2,1-3H3. The summed E-state index contributed by atoms with van der Waals surface area (Å²) in [6, 6.07) is 11.0. The summed E-state index contributed by atoms with van der Waals surface area (Å²) >= 11 is 0. The van der Waals surface area contributed by atoms with Gasteiger partial charge in [-0.1, -0.05) is 45.7 Å². The third-order valence-corrected chi connectivity index (χ3v) is 3.71. The molecule has 0 aliphatic rings. The molecular formula is C18H28N2. The molecule has 1 N–H and O–H groups in total. The Morgan fingerprint density at radius 3 is 2.45 bits per heavy atom. The normalized spacial score (nSPS) is 11.1. The van der Waals surface area contributed by atoms with Crippen LogP contribution in [0.25, 0.3) is 0 Å². The van der Waals surface area contributed by atoms with Gasteiger partial charge in [0.25, 0.3) is 0 Å². The van der Waals surface area contributed by atoms with E-state index in [2.05, 4.69) is 56.4 Å². The predicted octanol–water partition coefficient (Wildman–Crippen LogP) is 5.16. The summed E-state index contributed by atoms with van der Waals surface area (Å²) in [6.45, 7) is 7.55. The number of hydrogen-bond acceptors (Lipinski definition) is 2. The molecule has 0 aliphatic carbocycles.